The van der Waals surface area contributed by atoms with E-state index < -0.39 is 0 Å². The first-order chi connectivity index (χ1) is 9.81. The lowest BCUT2D eigenvalue weighted by Gasteiger charge is -2.06. The van der Waals surface area contributed by atoms with E-state index in [0.717, 1.165) is 18.8 Å². The molecule has 106 valence electrons. The standard InChI is InChI=1S/C17H21NS2/c1-13-5-7-17(20-13)12-18-9-10-19-16-8-6-14-3-2-4-15(14)11-16/h5-8,11,18H,2-4,9-10,12H2,1H3. The lowest BCUT2D eigenvalue weighted by atomic mass is 10.1. The van der Waals surface area contributed by atoms with Crippen LogP contribution in [0, 0.1) is 6.92 Å². The SMILES string of the molecule is Cc1ccc(CNCCSc2ccc3c(c2)CCC3)s1. The summed E-state index contributed by atoms with van der Waals surface area (Å²) in [7, 11) is 0. The molecule has 0 radical (unpaired) electrons. The predicted molar refractivity (Wildman–Crippen MR) is 90.0 cm³/mol. The van der Waals surface area contributed by atoms with Crippen LogP contribution >= 0.6 is 23.1 Å². The van der Waals surface area contributed by atoms with Crippen LogP contribution in [0.25, 0.3) is 0 Å². The fourth-order valence-electron chi connectivity index (χ4n) is 2.67. The maximum Gasteiger partial charge on any atom is 0.0300 e. The van der Waals surface area contributed by atoms with Gasteiger partial charge in [-0.05, 0) is 61.6 Å². The Bertz CT molecular complexity index is 574. The van der Waals surface area contributed by atoms with Gasteiger partial charge in [0.1, 0.15) is 0 Å². The average molecular weight is 303 g/mol. The highest BCUT2D eigenvalue weighted by Crippen LogP contribution is 2.27. The van der Waals surface area contributed by atoms with Gasteiger partial charge >= 0.3 is 0 Å². The molecule has 0 spiro atoms. The number of fused-ring (bicyclic) bond motifs is 1. The van der Waals surface area contributed by atoms with Gasteiger partial charge in [0, 0.05) is 33.5 Å². The topological polar surface area (TPSA) is 12.0 Å². The zero-order valence-corrected chi connectivity index (χ0v) is 13.6. The van der Waals surface area contributed by atoms with Gasteiger partial charge in [-0.3, -0.25) is 0 Å². The van der Waals surface area contributed by atoms with Crippen molar-refractivity contribution >= 4 is 23.1 Å². The van der Waals surface area contributed by atoms with Crippen LogP contribution in [0.3, 0.4) is 0 Å². The third kappa shape index (κ3) is 3.66. The predicted octanol–water partition coefficient (Wildman–Crippen LogP) is 4.43. The lowest BCUT2D eigenvalue weighted by molar-refractivity contribution is 0.741. The first-order valence-corrected chi connectivity index (χ1v) is 9.12. The largest absolute Gasteiger partial charge is 0.311 e. The van der Waals surface area contributed by atoms with Crippen molar-refractivity contribution in [2.24, 2.45) is 0 Å². The van der Waals surface area contributed by atoms with Gasteiger partial charge in [-0.25, -0.2) is 0 Å². The molecule has 0 fully saturated rings. The Kier molecular flexibility index (Phi) is 4.81. The molecule has 2 aromatic rings. The van der Waals surface area contributed by atoms with Gasteiger partial charge in [0.05, 0.1) is 0 Å². The summed E-state index contributed by atoms with van der Waals surface area (Å²) < 4.78 is 0. The minimum atomic E-state index is 1.00. The van der Waals surface area contributed by atoms with Crippen LogP contribution in [0.15, 0.2) is 35.2 Å². The molecule has 1 nitrogen and oxygen atoms in total. The summed E-state index contributed by atoms with van der Waals surface area (Å²) in [5.74, 6) is 1.14. The van der Waals surface area contributed by atoms with Crippen molar-refractivity contribution in [3.8, 4) is 0 Å². The van der Waals surface area contributed by atoms with E-state index >= 15 is 0 Å². The van der Waals surface area contributed by atoms with Crippen LogP contribution in [0.5, 0.6) is 0 Å². The van der Waals surface area contributed by atoms with Crippen molar-refractivity contribution in [2.45, 2.75) is 37.6 Å². The Labute approximate surface area is 129 Å². The first-order valence-electron chi connectivity index (χ1n) is 7.32. The molecule has 20 heavy (non-hydrogen) atoms. The summed E-state index contributed by atoms with van der Waals surface area (Å²) in [4.78, 5) is 4.26. The highest BCUT2D eigenvalue weighted by molar-refractivity contribution is 7.99. The Morgan fingerprint density at radius 3 is 2.90 bits per heavy atom. The summed E-state index contributed by atoms with van der Waals surface area (Å²) in [5, 5.41) is 3.53. The molecule has 0 unspecified atom stereocenters. The maximum absolute atomic E-state index is 3.53. The van der Waals surface area contributed by atoms with Gasteiger partial charge in [0.25, 0.3) is 0 Å². The summed E-state index contributed by atoms with van der Waals surface area (Å²) in [6.07, 6.45) is 3.90. The van der Waals surface area contributed by atoms with E-state index in [1.54, 1.807) is 11.1 Å². The molecule has 1 heterocycles. The van der Waals surface area contributed by atoms with Crippen LogP contribution in [-0.4, -0.2) is 12.3 Å². The Balaban J connectivity index is 1.39. The number of hydrogen-bond donors (Lipinski definition) is 1. The van der Waals surface area contributed by atoms with Gasteiger partial charge in [-0.1, -0.05) is 6.07 Å². The maximum atomic E-state index is 3.53. The first kappa shape index (κ1) is 14.2. The summed E-state index contributed by atoms with van der Waals surface area (Å²) in [6, 6.07) is 11.4. The van der Waals surface area contributed by atoms with Crippen molar-refractivity contribution in [1.29, 1.82) is 0 Å². The summed E-state index contributed by atoms with van der Waals surface area (Å²) >= 11 is 3.85. The number of benzene rings is 1. The van der Waals surface area contributed by atoms with Crippen LogP contribution in [0.4, 0.5) is 0 Å². The van der Waals surface area contributed by atoms with E-state index in [4.69, 9.17) is 0 Å². The minimum Gasteiger partial charge on any atom is -0.311 e. The molecular formula is C17H21NS2. The molecule has 3 rings (SSSR count). The molecule has 0 saturated carbocycles. The van der Waals surface area contributed by atoms with Crippen LogP contribution in [0.1, 0.15) is 27.3 Å². The molecule has 0 atom stereocenters. The van der Waals surface area contributed by atoms with Gasteiger partial charge in [0.2, 0.25) is 0 Å². The van der Waals surface area contributed by atoms with Crippen molar-refractivity contribution in [3.05, 3.63) is 51.2 Å². The fourth-order valence-corrected chi connectivity index (χ4v) is 4.40. The van der Waals surface area contributed by atoms with Crippen molar-refractivity contribution in [2.75, 3.05) is 12.3 Å². The van der Waals surface area contributed by atoms with Crippen molar-refractivity contribution in [3.63, 3.8) is 0 Å². The highest BCUT2D eigenvalue weighted by atomic mass is 32.2. The smallest absolute Gasteiger partial charge is 0.0300 e. The molecule has 0 amide bonds. The zero-order chi connectivity index (χ0) is 13.8. The van der Waals surface area contributed by atoms with Crippen LogP contribution < -0.4 is 5.32 Å². The zero-order valence-electron chi connectivity index (χ0n) is 11.9. The molecule has 3 heteroatoms. The Morgan fingerprint density at radius 2 is 2.05 bits per heavy atom. The van der Waals surface area contributed by atoms with E-state index in [1.807, 2.05) is 23.1 Å². The number of rotatable bonds is 6. The number of aryl methyl sites for hydroxylation is 3. The molecule has 1 aliphatic rings. The van der Waals surface area contributed by atoms with E-state index in [9.17, 15) is 0 Å². The van der Waals surface area contributed by atoms with E-state index in [0.29, 0.717) is 0 Å². The second-order valence-corrected chi connectivity index (χ2v) is 7.86. The Hall–Kier alpha value is -0.770. The van der Waals surface area contributed by atoms with Crippen molar-refractivity contribution < 1.29 is 0 Å². The van der Waals surface area contributed by atoms with Gasteiger partial charge in [-0.2, -0.15) is 0 Å². The highest BCUT2D eigenvalue weighted by Gasteiger charge is 2.10. The second-order valence-electron chi connectivity index (χ2n) is 5.32. The average Bonchev–Trinajstić information content (AvgIpc) is 3.06. The van der Waals surface area contributed by atoms with Crippen LogP contribution in [0.2, 0.25) is 0 Å². The molecule has 1 aliphatic carbocycles. The van der Waals surface area contributed by atoms with E-state index in [-0.39, 0.29) is 0 Å². The molecule has 0 aliphatic heterocycles. The normalized spacial score (nSPS) is 13.7. The monoisotopic (exact) mass is 303 g/mol. The number of nitrogens with one attached hydrogen (secondary N) is 1. The molecule has 1 aromatic carbocycles. The molecular weight excluding hydrogens is 282 g/mol. The van der Waals surface area contributed by atoms with E-state index in [2.05, 4.69) is 42.6 Å². The minimum absolute atomic E-state index is 1.00. The molecule has 1 aromatic heterocycles. The number of hydrogen-bond acceptors (Lipinski definition) is 3. The second kappa shape index (κ2) is 6.79. The number of thioether (sulfide) groups is 1. The van der Waals surface area contributed by atoms with Gasteiger partial charge < -0.3 is 5.32 Å². The fraction of sp³-hybridized carbons (Fsp3) is 0.412. The van der Waals surface area contributed by atoms with Gasteiger partial charge in [0.15, 0.2) is 0 Å². The molecule has 1 N–H and O–H groups in total. The van der Waals surface area contributed by atoms with Gasteiger partial charge in [-0.15, -0.1) is 23.1 Å². The third-order valence-electron chi connectivity index (χ3n) is 3.71. The Morgan fingerprint density at radius 1 is 1.15 bits per heavy atom. The third-order valence-corrected chi connectivity index (χ3v) is 5.71. The lowest BCUT2D eigenvalue weighted by Crippen LogP contribution is -2.15. The molecule has 0 saturated heterocycles. The van der Waals surface area contributed by atoms with E-state index in [1.165, 1.54) is 33.9 Å². The summed E-state index contributed by atoms with van der Waals surface area (Å²) in [5.41, 5.74) is 3.15. The summed E-state index contributed by atoms with van der Waals surface area (Å²) in [6.45, 7) is 4.24. The quantitative estimate of drug-likeness (QED) is 0.626. The van der Waals surface area contributed by atoms with Crippen molar-refractivity contribution in [1.82, 2.24) is 5.32 Å². The van der Waals surface area contributed by atoms with Crippen LogP contribution in [-0.2, 0) is 19.4 Å². The molecule has 0 bridgehead atoms. The number of thiophene rings is 1.